The molecule has 3 atom stereocenters. The molecule has 5 heteroatoms. The Labute approximate surface area is 138 Å². The summed E-state index contributed by atoms with van der Waals surface area (Å²) in [6.07, 6.45) is 2.31. The van der Waals surface area contributed by atoms with Crippen molar-refractivity contribution in [3.8, 4) is 10.4 Å². The Morgan fingerprint density at radius 2 is 2.00 bits per heavy atom. The van der Waals surface area contributed by atoms with Crippen molar-refractivity contribution < 1.29 is 4.79 Å². The molecule has 22 heavy (non-hydrogen) atoms. The molecule has 2 aliphatic rings. The van der Waals surface area contributed by atoms with Crippen LogP contribution in [0.25, 0.3) is 10.4 Å². The predicted molar refractivity (Wildman–Crippen MR) is 90.5 cm³/mol. The Balaban J connectivity index is 1.46. The molecule has 3 nitrogen and oxygen atoms in total. The summed E-state index contributed by atoms with van der Waals surface area (Å²) in [5, 5.41) is 7.39. The lowest BCUT2D eigenvalue weighted by Crippen LogP contribution is -2.47. The highest BCUT2D eigenvalue weighted by molar-refractivity contribution is 7.17. The molecule has 2 heterocycles. The van der Waals surface area contributed by atoms with E-state index in [9.17, 15) is 4.79 Å². The van der Waals surface area contributed by atoms with Crippen molar-refractivity contribution in [3.05, 3.63) is 46.3 Å². The van der Waals surface area contributed by atoms with Gasteiger partial charge in [-0.15, -0.1) is 11.3 Å². The van der Waals surface area contributed by atoms with Crippen LogP contribution in [-0.4, -0.2) is 24.5 Å². The van der Waals surface area contributed by atoms with E-state index in [2.05, 4.69) is 10.6 Å². The molecule has 1 aromatic carbocycles. The first kappa shape index (κ1) is 14.2. The molecule has 0 radical (unpaired) electrons. The molecule has 3 unspecified atom stereocenters. The number of hydrogen-bond acceptors (Lipinski definition) is 3. The maximum absolute atomic E-state index is 12.4. The van der Waals surface area contributed by atoms with E-state index in [1.54, 1.807) is 0 Å². The Bertz CT molecular complexity index is 697. The number of carbonyl (C=O) groups is 1. The number of benzene rings is 1. The second kappa shape index (κ2) is 5.69. The minimum absolute atomic E-state index is 0.0459. The average Bonchev–Trinajstić information content (AvgIpc) is 3.24. The Morgan fingerprint density at radius 3 is 2.68 bits per heavy atom. The lowest BCUT2D eigenvalue weighted by Gasteiger charge is -2.23. The third-order valence-electron chi connectivity index (χ3n) is 4.60. The first-order valence-electron chi connectivity index (χ1n) is 7.59. The smallest absolute Gasteiger partial charge is 0.261 e. The molecule has 1 aliphatic carbocycles. The normalized spacial score (nSPS) is 26.3. The van der Waals surface area contributed by atoms with Crippen molar-refractivity contribution in [3.63, 3.8) is 0 Å². The van der Waals surface area contributed by atoms with E-state index < -0.39 is 0 Å². The summed E-state index contributed by atoms with van der Waals surface area (Å²) in [4.78, 5) is 14.3. The topological polar surface area (TPSA) is 41.1 Å². The van der Waals surface area contributed by atoms with E-state index in [1.165, 1.54) is 17.8 Å². The lowest BCUT2D eigenvalue weighted by molar-refractivity contribution is 0.0932. The number of carbonyl (C=O) groups excluding carboxylic acids is 1. The molecular weight excluding hydrogens is 316 g/mol. The number of nitrogens with one attached hydrogen (secondary N) is 2. The van der Waals surface area contributed by atoms with Gasteiger partial charge in [0.05, 0.1) is 4.88 Å². The Hall–Kier alpha value is -1.36. The number of fused-ring (bicyclic) bond motifs is 2. The second-order valence-electron chi connectivity index (χ2n) is 6.10. The summed E-state index contributed by atoms with van der Waals surface area (Å²) in [6.45, 7) is 1.11. The van der Waals surface area contributed by atoms with Crippen molar-refractivity contribution in [1.82, 2.24) is 10.6 Å². The van der Waals surface area contributed by atoms with Crippen LogP contribution in [0.3, 0.4) is 0 Å². The fraction of sp³-hybridized carbons (Fsp3) is 0.353. The molecule has 1 saturated heterocycles. The molecule has 4 rings (SSSR count). The lowest BCUT2D eigenvalue weighted by atomic mass is 10.1. The van der Waals surface area contributed by atoms with Gasteiger partial charge < -0.3 is 10.6 Å². The van der Waals surface area contributed by atoms with Crippen LogP contribution in [0, 0.1) is 5.92 Å². The van der Waals surface area contributed by atoms with Crippen LogP contribution in [0.5, 0.6) is 0 Å². The van der Waals surface area contributed by atoms with Crippen molar-refractivity contribution >= 4 is 28.8 Å². The van der Waals surface area contributed by atoms with Crippen molar-refractivity contribution in [1.29, 1.82) is 0 Å². The van der Waals surface area contributed by atoms with E-state index >= 15 is 0 Å². The quantitative estimate of drug-likeness (QED) is 0.902. The molecule has 1 aromatic heterocycles. The van der Waals surface area contributed by atoms with Crippen LogP contribution in [0.15, 0.2) is 36.4 Å². The SMILES string of the molecule is O=C(NC1CC2CNC1C2)c1ccc(-c2ccc(Cl)cc2)s1. The molecule has 1 saturated carbocycles. The van der Waals surface area contributed by atoms with Gasteiger partial charge in [0.2, 0.25) is 0 Å². The summed E-state index contributed by atoms with van der Waals surface area (Å²) < 4.78 is 0. The minimum atomic E-state index is 0.0459. The van der Waals surface area contributed by atoms with E-state index in [1.807, 2.05) is 36.4 Å². The Morgan fingerprint density at radius 1 is 1.18 bits per heavy atom. The summed E-state index contributed by atoms with van der Waals surface area (Å²) >= 11 is 7.44. The van der Waals surface area contributed by atoms with Crippen LogP contribution < -0.4 is 10.6 Å². The van der Waals surface area contributed by atoms with Crippen LogP contribution in [0.1, 0.15) is 22.5 Å². The number of hydrogen-bond donors (Lipinski definition) is 2. The minimum Gasteiger partial charge on any atom is -0.347 e. The van der Waals surface area contributed by atoms with Gasteiger partial charge in [-0.05, 0) is 55.1 Å². The molecule has 1 aliphatic heterocycles. The molecule has 2 N–H and O–H groups in total. The molecule has 0 spiro atoms. The first-order chi connectivity index (χ1) is 10.7. The van der Waals surface area contributed by atoms with Crippen LogP contribution >= 0.6 is 22.9 Å². The number of thiophene rings is 1. The van der Waals surface area contributed by atoms with Gasteiger partial charge in [0.1, 0.15) is 0 Å². The fourth-order valence-electron chi connectivity index (χ4n) is 3.48. The molecule has 2 aromatic rings. The van der Waals surface area contributed by atoms with Gasteiger partial charge in [-0.1, -0.05) is 23.7 Å². The zero-order valence-electron chi connectivity index (χ0n) is 12.0. The van der Waals surface area contributed by atoms with Crippen molar-refractivity contribution in [2.45, 2.75) is 24.9 Å². The molecule has 2 fully saturated rings. The van der Waals surface area contributed by atoms with Gasteiger partial charge >= 0.3 is 0 Å². The maximum Gasteiger partial charge on any atom is 0.261 e. The average molecular weight is 333 g/mol. The van der Waals surface area contributed by atoms with Crippen LogP contribution in [0.4, 0.5) is 0 Å². The molecule has 114 valence electrons. The van der Waals surface area contributed by atoms with Gasteiger partial charge in [0, 0.05) is 22.0 Å². The van der Waals surface area contributed by atoms with E-state index in [0.717, 1.165) is 39.2 Å². The summed E-state index contributed by atoms with van der Waals surface area (Å²) in [5.74, 6) is 0.785. The predicted octanol–water partition coefficient (Wildman–Crippen LogP) is 3.55. The summed E-state index contributed by atoms with van der Waals surface area (Å²) in [7, 11) is 0. The van der Waals surface area contributed by atoms with Crippen molar-refractivity contribution in [2.75, 3.05) is 6.54 Å². The molecule has 1 amide bonds. The summed E-state index contributed by atoms with van der Waals surface area (Å²) in [5.41, 5.74) is 1.09. The largest absolute Gasteiger partial charge is 0.347 e. The van der Waals surface area contributed by atoms with E-state index in [-0.39, 0.29) is 11.9 Å². The molecular formula is C17H17ClN2OS. The Kier molecular flexibility index (Phi) is 3.68. The number of rotatable bonds is 3. The number of piperidine rings is 1. The first-order valence-corrected chi connectivity index (χ1v) is 8.78. The highest BCUT2D eigenvalue weighted by atomic mass is 35.5. The van der Waals surface area contributed by atoms with E-state index in [0.29, 0.717) is 6.04 Å². The van der Waals surface area contributed by atoms with E-state index in [4.69, 9.17) is 11.6 Å². The second-order valence-corrected chi connectivity index (χ2v) is 7.62. The van der Waals surface area contributed by atoms with Gasteiger partial charge in [-0.3, -0.25) is 4.79 Å². The summed E-state index contributed by atoms with van der Waals surface area (Å²) in [6, 6.07) is 12.4. The van der Waals surface area contributed by atoms with Crippen LogP contribution in [0.2, 0.25) is 5.02 Å². The van der Waals surface area contributed by atoms with Gasteiger partial charge in [-0.25, -0.2) is 0 Å². The standard InChI is InChI=1S/C17H17ClN2OS/c18-12-3-1-11(2-4-12)15-5-6-16(22-15)17(21)20-14-8-10-7-13(14)19-9-10/h1-6,10,13-14,19H,7-9H2,(H,20,21). The van der Waals surface area contributed by atoms with Crippen molar-refractivity contribution in [2.24, 2.45) is 5.92 Å². The highest BCUT2D eigenvalue weighted by Gasteiger charge is 2.40. The monoisotopic (exact) mass is 332 g/mol. The zero-order valence-corrected chi connectivity index (χ0v) is 13.6. The molecule has 2 bridgehead atoms. The zero-order chi connectivity index (χ0) is 15.1. The third-order valence-corrected chi connectivity index (χ3v) is 5.99. The third kappa shape index (κ3) is 2.67. The fourth-order valence-corrected chi connectivity index (χ4v) is 4.52. The maximum atomic E-state index is 12.4. The highest BCUT2D eigenvalue weighted by Crippen LogP contribution is 2.32. The number of amides is 1. The number of halogens is 1. The van der Waals surface area contributed by atoms with Crippen LogP contribution in [-0.2, 0) is 0 Å². The van der Waals surface area contributed by atoms with Gasteiger partial charge in [0.15, 0.2) is 0 Å². The van der Waals surface area contributed by atoms with Gasteiger partial charge in [-0.2, -0.15) is 0 Å². The van der Waals surface area contributed by atoms with Gasteiger partial charge in [0.25, 0.3) is 5.91 Å².